The Balaban J connectivity index is 1.57. The Morgan fingerprint density at radius 1 is 1.17 bits per heavy atom. The van der Waals surface area contributed by atoms with E-state index in [2.05, 4.69) is 0 Å². The van der Waals surface area contributed by atoms with Gasteiger partial charge >= 0.3 is 5.97 Å². The molecule has 2 aromatic carbocycles. The average Bonchev–Trinajstić information content (AvgIpc) is 3.31. The van der Waals surface area contributed by atoms with Gasteiger partial charge in [-0.1, -0.05) is 55.5 Å². The number of aliphatic hydroxyl groups is 2. The van der Waals surface area contributed by atoms with Gasteiger partial charge in [-0.2, -0.15) is 0 Å². The van der Waals surface area contributed by atoms with Gasteiger partial charge in [0.25, 0.3) is 0 Å². The molecule has 1 aromatic heterocycles. The molecule has 7 nitrogen and oxygen atoms in total. The number of benzene rings is 2. The summed E-state index contributed by atoms with van der Waals surface area (Å²) in [6, 6.07) is 16.6. The second-order valence-electron chi connectivity index (χ2n) is 9.28. The van der Waals surface area contributed by atoms with E-state index in [1.54, 1.807) is 18.2 Å². The normalized spacial score (nSPS) is 21.1. The summed E-state index contributed by atoms with van der Waals surface area (Å²) >= 11 is 0. The summed E-state index contributed by atoms with van der Waals surface area (Å²) in [5, 5.41) is 32.8. The summed E-state index contributed by atoms with van der Waals surface area (Å²) in [6.07, 6.45) is 7.98. The van der Waals surface area contributed by atoms with Gasteiger partial charge in [0.1, 0.15) is 28.9 Å². The largest absolute Gasteiger partial charge is 0.482 e. The average molecular weight is 492 g/mol. The minimum atomic E-state index is -1.28. The number of carboxylic acid groups (broad SMARTS) is 1. The van der Waals surface area contributed by atoms with Crippen LogP contribution in [-0.4, -0.2) is 51.1 Å². The number of hydrogen-bond donors (Lipinski definition) is 3. The van der Waals surface area contributed by atoms with Crippen LogP contribution in [0.1, 0.15) is 37.7 Å². The molecule has 1 aliphatic rings. The van der Waals surface area contributed by atoms with Crippen molar-refractivity contribution in [3.8, 4) is 5.75 Å². The summed E-state index contributed by atoms with van der Waals surface area (Å²) in [5.74, 6) is -0.226. The zero-order valence-corrected chi connectivity index (χ0v) is 20.6. The number of aliphatic carboxylic acids is 1. The first-order valence-corrected chi connectivity index (χ1v) is 12.3. The van der Waals surface area contributed by atoms with Gasteiger partial charge < -0.3 is 24.5 Å². The number of hydrogen-bond acceptors (Lipinski definition) is 6. The van der Waals surface area contributed by atoms with E-state index in [1.165, 1.54) is 0 Å². The predicted octanol–water partition coefficient (Wildman–Crippen LogP) is 4.70. The highest BCUT2D eigenvalue weighted by Gasteiger charge is 2.42. The summed E-state index contributed by atoms with van der Waals surface area (Å²) < 4.78 is 11.1. The Hall–Kier alpha value is -3.39. The molecule has 0 saturated carbocycles. The molecule has 0 bridgehead atoms. The number of rotatable bonds is 11. The maximum absolute atomic E-state index is 11.9. The Kier molecular flexibility index (Phi) is 7.94. The molecule has 1 heterocycles. The number of para-hydroxylation sites is 1. The zero-order valence-electron chi connectivity index (χ0n) is 20.6. The molecule has 0 fully saturated rings. The number of nitrogens with zero attached hydrogens (tertiary/aromatic N) is 1. The first kappa shape index (κ1) is 25.7. The maximum Gasteiger partial charge on any atom is 0.341 e. The molecule has 3 N–H and O–H groups in total. The van der Waals surface area contributed by atoms with Gasteiger partial charge in [0.15, 0.2) is 6.61 Å². The number of ether oxygens (including phenoxy) is 1. The molecule has 2 unspecified atom stereocenters. The smallest absolute Gasteiger partial charge is 0.341 e. The number of aliphatic hydroxyl groups excluding tert-OH is 1. The van der Waals surface area contributed by atoms with E-state index in [4.69, 9.17) is 14.3 Å². The first-order valence-electron chi connectivity index (χ1n) is 12.3. The molecule has 7 heteroatoms. The fourth-order valence-corrected chi connectivity index (χ4v) is 4.85. The molecule has 36 heavy (non-hydrogen) atoms. The van der Waals surface area contributed by atoms with Crippen molar-refractivity contribution in [3.63, 3.8) is 0 Å². The molecule has 0 spiro atoms. The third-order valence-corrected chi connectivity index (χ3v) is 6.73. The lowest BCUT2D eigenvalue weighted by Crippen LogP contribution is -2.58. The number of carboxylic acids is 1. The minimum absolute atomic E-state index is 0.139. The maximum atomic E-state index is 11.9. The zero-order chi connectivity index (χ0) is 25.7. The standard InChI is InChI=1S/C29H33NO6/c1-3-23-9-6-7-15-29(23,34)30(18-25(31)27-17-22-8-4-5-10-26(22)36-27)20(2)16-21-11-13-24(14-12-21)35-19-28(32)33/h4-15,17,20,23,25,31,34H,3,16,18-19H2,1-2H3,(H,32,33)/t20-,23-,25?,29?/m1/s1. The molecule has 0 amide bonds. The molecule has 4 rings (SSSR count). The summed E-state index contributed by atoms with van der Waals surface area (Å²) in [7, 11) is 0. The van der Waals surface area contributed by atoms with Gasteiger partial charge in [0.05, 0.1) is 0 Å². The molecule has 4 atom stereocenters. The highest BCUT2D eigenvalue weighted by Crippen LogP contribution is 2.35. The van der Waals surface area contributed by atoms with Crippen LogP contribution in [0.15, 0.2) is 83.3 Å². The topological polar surface area (TPSA) is 103 Å². The number of carbonyl (C=O) groups is 1. The SMILES string of the molecule is CC[C@@H]1C=CC=CC1(O)N(CC(O)c1cc2ccccc2o1)[C@H](C)Cc1ccc(OCC(=O)O)cc1. The quantitative estimate of drug-likeness (QED) is 0.334. The molecule has 0 radical (unpaired) electrons. The lowest BCUT2D eigenvalue weighted by molar-refractivity contribution is -0.139. The predicted molar refractivity (Wildman–Crippen MR) is 138 cm³/mol. The summed E-state index contributed by atoms with van der Waals surface area (Å²) in [4.78, 5) is 12.7. The highest BCUT2D eigenvalue weighted by molar-refractivity contribution is 5.77. The van der Waals surface area contributed by atoms with Crippen molar-refractivity contribution < 1.29 is 29.3 Å². The molecular formula is C29H33NO6. The summed E-state index contributed by atoms with van der Waals surface area (Å²) in [5.41, 5.74) is 0.433. The molecule has 190 valence electrons. The monoisotopic (exact) mass is 491 g/mol. The molecule has 3 aromatic rings. The molecular weight excluding hydrogens is 458 g/mol. The molecule has 0 saturated heterocycles. The third-order valence-electron chi connectivity index (χ3n) is 6.73. The van der Waals surface area contributed by atoms with E-state index >= 15 is 0 Å². The third kappa shape index (κ3) is 5.70. The fourth-order valence-electron chi connectivity index (χ4n) is 4.85. The minimum Gasteiger partial charge on any atom is -0.482 e. The van der Waals surface area contributed by atoms with Crippen LogP contribution in [0.2, 0.25) is 0 Å². The van der Waals surface area contributed by atoms with Crippen LogP contribution < -0.4 is 4.74 Å². The van der Waals surface area contributed by atoms with Crippen LogP contribution in [-0.2, 0) is 11.2 Å². The molecule has 1 aliphatic carbocycles. The van der Waals surface area contributed by atoms with Crippen LogP contribution in [0.4, 0.5) is 0 Å². The number of furan rings is 1. The number of allylic oxidation sites excluding steroid dienone is 2. The van der Waals surface area contributed by atoms with Crippen LogP contribution >= 0.6 is 0 Å². The van der Waals surface area contributed by atoms with Gasteiger partial charge in [0.2, 0.25) is 0 Å². The first-order chi connectivity index (χ1) is 17.3. The lowest BCUT2D eigenvalue weighted by atomic mass is 9.85. The highest BCUT2D eigenvalue weighted by atomic mass is 16.5. The van der Waals surface area contributed by atoms with E-state index in [-0.39, 0.29) is 18.5 Å². The van der Waals surface area contributed by atoms with Crippen LogP contribution in [0, 0.1) is 5.92 Å². The van der Waals surface area contributed by atoms with E-state index < -0.39 is 24.4 Å². The van der Waals surface area contributed by atoms with E-state index in [1.807, 2.05) is 79.4 Å². The van der Waals surface area contributed by atoms with Gasteiger partial charge in [-0.15, -0.1) is 0 Å². The lowest BCUT2D eigenvalue weighted by Gasteiger charge is -2.46. The Bertz CT molecular complexity index is 1200. The van der Waals surface area contributed by atoms with Gasteiger partial charge in [0, 0.05) is 23.9 Å². The van der Waals surface area contributed by atoms with Gasteiger partial charge in [-0.3, -0.25) is 4.90 Å². The van der Waals surface area contributed by atoms with E-state index in [9.17, 15) is 15.0 Å². The van der Waals surface area contributed by atoms with E-state index in [0.717, 1.165) is 17.4 Å². The van der Waals surface area contributed by atoms with Crippen molar-refractivity contribution in [1.82, 2.24) is 4.90 Å². The van der Waals surface area contributed by atoms with E-state index in [0.29, 0.717) is 23.5 Å². The van der Waals surface area contributed by atoms with Crippen molar-refractivity contribution in [2.45, 2.75) is 44.6 Å². The van der Waals surface area contributed by atoms with Crippen molar-refractivity contribution in [2.24, 2.45) is 5.92 Å². The second kappa shape index (κ2) is 11.1. The number of fused-ring (bicyclic) bond motifs is 1. The summed E-state index contributed by atoms with van der Waals surface area (Å²) in [6.45, 7) is 3.84. The molecule has 0 aliphatic heterocycles. The van der Waals surface area contributed by atoms with Gasteiger partial charge in [-0.25, -0.2) is 4.79 Å². The van der Waals surface area contributed by atoms with Crippen molar-refractivity contribution >= 4 is 16.9 Å². The van der Waals surface area contributed by atoms with Crippen molar-refractivity contribution in [2.75, 3.05) is 13.2 Å². The second-order valence-corrected chi connectivity index (χ2v) is 9.28. The Labute approximate surface area is 210 Å². The van der Waals surface area contributed by atoms with Gasteiger partial charge in [-0.05, 0) is 55.7 Å². The van der Waals surface area contributed by atoms with Crippen LogP contribution in [0.5, 0.6) is 5.75 Å². The van der Waals surface area contributed by atoms with Crippen molar-refractivity contribution in [1.29, 1.82) is 0 Å². The Morgan fingerprint density at radius 2 is 1.92 bits per heavy atom. The van der Waals surface area contributed by atoms with Crippen LogP contribution in [0.3, 0.4) is 0 Å². The van der Waals surface area contributed by atoms with Crippen LogP contribution in [0.25, 0.3) is 11.0 Å². The Morgan fingerprint density at radius 3 is 2.61 bits per heavy atom. The fraction of sp³-hybridized carbons (Fsp3) is 0.345. The van der Waals surface area contributed by atoms with Crippen molar-refractivity contribution in [3.05, 3.63) is 90.2 Å².